The third kappa shape index (κ3) is 4.62. The average Bonchev–Trinajstić information content (AvgIpc) is 3.54. The summed E-state index contributed by atoms with van der Waals surface area (Å²) >= 11 is 0. The molecule has 4 aromatic rings. The molecule has 1 radical (unpaired) electrons. The molecule has 2 N–H and O–H groups in total. The summed E-state index contributed by atoms with van der Waals surface area (Å²) in [5.74, 6) is 0.852. The van der Waals surface area contributed by atoms with Crippen LogP contribution < -0.4 is 9.47 Å². The van der Waals surface area contributed by atoms with Crippen LogP contribution in [-0.4, -0.2) is 27.0 Å². The number of carbonyl (C=O) groups is 1. The minimum absolute atomic E-state index is 0.0726. The summed E-state index contributed by atoms with van der Waals surface area (Å²) in [7, 11) is 0. The van der Waals surface area contributed by atoms with Gasteiger partial charge in [-0.05, 0) is 79.6 Å². The Kier molecular flexibility index (Phi) is 6.21. The highest BCUT2D eigenvalue weighted by Gasteiger charge is 2.20. The van der Waals surface area contributed by atoms with E-state index in [2.05, 4.69) is 16.0 Å². The summed E-state index contributed by atoms with van der Waals surface area (Å²) in [6.07, 6.45) is 6.87. The van der Waals surface area contributed by atoms with Crippen molar-refractivity contribution in [2.24, 2.45) is 0 Å². The van der Waals surface area contributed by atoms with E-state index in [-0.39, 0.29) is 23.2 Å². The molecule has 1 aliphatic carbocycles. The number of nitrogens with one attached hydrogen (secondary N) is 1. The number of hydrogen-bond donors (Lipinski definition) is 2. The highest BCUT2D eigenvalue weighted by Crippen LogP contribution is 2.31. The first-order valence-electron chi connectivity index (χ1n) is 11.7. The van der Waals surface area contributed by atoms with Crippen LogP contribution in [0.2, 0.25) is 0 Å². The summed E-state index contributed by atoms with van der Waals surface area (Å²) in [5, 5.41) is 10.5. The van der Waals surface area contributed by atoms with Crippen molar-refractivity contribution in [3.8, 4) is 17.2 Å². The van der Waals surface area contributed by atoms with Crippen molar-refractivity contribution in [2.75, 3.05) is 0 Å². The van der Waals surface area contributed by atoms with Crippen LogP contribution in [-0.2, 0) is 13.0 Å². The van der Waals surface area contributed by atoms with Crippen molar-refractivity contribution >= 4 is 16.8 Å². The monoisotopic (exact) mass is 455 g/mol. The number of nitrogens with zero attached hydrogens (tertiary/aromatic N) is 1. The topological polar surface area (TPSA) is 84.4 Å². The number of ether oxygens (including phenoxy) is 2. The second-order valence-electron chi connectivity index (χ2n) is 8.64. The lowest BCUT2D eigenvalue weighted by atomic mass is 9.96. The predicted molar refractivity (Wildman–Crippen MR) is 130 cm³/mol. The van der Waals surface area contributed by atoms with E-state index in [9.17, 15) is 9.90 Å². The molecule has 1 saturated carbocycles. The van der Waals surface area contributed by atoms with Crippen LogP contribution in [0.15, 0.2) is 54.9 Å². The summed E-state index contributed by atoms with van der Waals surface area (Å²) in [6, 6.07) is 17.6. The SMILES string of the molecule is CCc1[c]c(OCc2ccc3[nH]cnc3c2)ccc1C(=O)c1ccc(OC2CCCC2)cc1O. The van der Waals surface area contributed by atoms with E-state index in [1.807, 2.05) is 25.1 Å². The first kappa shape index (κ1) is 22.0. The minimum atomic E-state index is -0.242. The fraction of sp³-hybridized carbons (Fsp3) is 0.286. The van der Waals surface area contributed by atoms with E-state index < -0.39 is 0 Å². The molecule has 5 rings (SSSR count). The maximum atomic E-state index is 13.2. The van der Waals surface area contributed by atoms with Gasteiger partial charge in [0.05, 0.1) is 29.0 Å². The Bertz CT molecular complexity index is 1320. The quantitative estimate of drug-likeness (QED) is 0.330. The van der Waals surface area contributed by atoms with Gasteiger partial charge in [-0.1, -0.05) is 13.0 Å². The Balaban J connectivity index is 1.30. The number of phenolic OH excluding ortho intramolecular Hbond substituents is 1. The van der Waals surface area contributed by atoms with Crippen LogP contribution in [0.25, 0.3) is 11.0 Å². The number of benzene rings is 3. The Labute approximate surface area is 198 Å². The normalized spacial score (nSPS) is 13.9. The lowest BCUT2D eigenvalue weighted by molar-refractivity contribution is 0.103. The summed E-state index contributed by atoms with van der Waals surface area (Å²) in [5.41, 5.74) is 4.37. The Hall–Kier alpha value is -3.80. The lowest BCUT2D eigenvalue weighted by Gasteiger charge is -2.15. The molecule has 34 heavy (non-hydrogen) atoms. The minimum Gasteiger partial charge on any atom is -0.507 e. The predicted octanol–water partition coefficient (Wildman–Crippen LogP) is 5.76. The van der Waals surface area contributed by atoms with Gasteiger partial charge < -0.3 is 19.6 Å². The van der Waals surface area contributed by atoms with E-state index in [1.165, 1.54) is 18.9 Å². The van der Waals surface area contributed by atoms with E-state index in [1.54, 1.807) is 30.6 Å². The van der Waals surface area contributed by atoms with Crippen LogP contribution >= 0.6 is 0 Å². The van der Waals surface area contributed by atoms with Crippen molar-refractivity contribution in [2.45, 2.75) is 51.7 Å². The first-order chi connectivity index (χ1) is 16.6. The maximum absolute atomic E-state index is 13.2. The van der Waals surface area contributed by atoms with Gasteiger partial charge in [0.15, 0.2) is 5.78 Å². The zero-order valence-electron chi connectivity index (χ0n) is 19.1. The average molecular weight is 456 g/mol. The van der Waals surface area contributed by atoms with Crippen molar-refractivity contribution in [1.29, 1.82) is 0 Å². The van der Waals surface area contributed by atoms with E-state index in [4.69, 9.17) is 9.47 Å². The zero-order valence-corrected chi connectivity index (χ0v) is 19.1. The number of aromatic amines is 1. The standard InChI is InChI=1S/C28H27N2O4/c1-2-19-14-21(33-16-18-7-12-25-26(13-18)30-17-29-25)8-10-23(19)28(32)24-11-9-22(15-27(24)31)34-20-5-3-4-6-20/h7-13,15,17,20,31H,2-6,16H2,1H3,(H,29,30). The molecule has 1 fully saturated rings. The van der Waals surface area contributed by atoms with E-state index in [0.29, 0.717) is 30.1 Å². The van der Waals surface area contributed by atoms with Crippen molar-refractivity contribution in [3.63, 3.8) is 0 Å². The number of aryl methyl sites for hydroxylation is 1. The van der Waals surface area contributed by atoms with Gasteiger partial charge in [-0.15, -0.1) is 0 Å². The third-order valence-corrected chi connectivity index (χ3v) is 6.30. The Morgan fingerprint density at radius 1 is 1.12 bits per heavy atom. The highest BCUT2D eigenvalue weighted by molar-refractivity contribution is 6.11. The highest BCUT2D eigenvalue weighted by atomic mass is 16.5. The van der Waals surface area contributed by atoms with Crippen molar-refractivity contribution in [1.82, 2.24) is 9.97 Å². The number of fused-ring (bicyclic) bond motifs is 1. The van der Waals surface area contributed by atoms with Crippen molar-refractivity contribution < 1.29 is 19.4 Å². The zero-order chi connectivity index (χ0) is 23.5. The molecule has 173 valence electrons. The molecule has 0 amide bonds. The molecule has 1 aliphatic rings. The molecule has 1 aromatic heterocycles. The van der Waals surface area contributed by atoms with Crippen LogP contribution in [0.3, 0.4) is 0 Å². The largest absolute Gasteiger partial charge is 0.507 e. The van der Waals surface area contributed by atoms with E-state index >= 15 is 0 Å². The third-order valence-electron chi connectivity index (χ3n) is 6.30. The van der Waals surface area contributed by atoms with Crippen LogP contribution in [0, 0.1) is 6.07 Å². The van der Waals surface area contributed by atoms with Gasteiger partial charge in [0.1, 0.15) is 23.9 Å². The molecule has 1 heterocycles. The molecule has 0 bridgehead atoms. The maximum Gasteiger partial charge on any atom is 0.197 e. The van der Waals surface area contributed by atoms with Gasteiger partial charge in [0, 0.05) is 17.7 Å². The molecular formula is C28H27N2O4. The summed E-state index contributed by atoms with van der Waals surface area (Å²) < 4.78 is 11.9. The molecular weight excluding hydrogens is 428 g/mol. The first-order valence-corrected chi connectivity index (χ1v) is 11.7. The molecule has 0 spiro atoms. The number of aromatic nitrogens is 2. The summed E-state index contributed by atoms with van der Waals surface area (Å²) in [6.45, 7) is 2.34. The number of carbonyl (C=O) groups excluding carboxylic acids is 1. The van der Waals surface area contributed by atoms with Gasteiger partial charge in [-0.3, -0.25) is 4.79 Å². The van der Waals surface area contributed by atoms with Crippen LogP contribution in [0.1, 0.15) is 59.7 Å². The molecule has 0 saturated heterocycles. The Morgan fingerprint density at radius 2 is 1.94 bits per heavy atom. The van der Waals surface area contributed by atoms with Gasteiger partial charge in [-0.2, -0.15) is 0 Å². The second-order valence-corrected chi connectivity index (χ2v) is 8.64. The fourth-order valence-corrected chi connectivity index (χ4v) is 4.44. The molecule has 3 aromatic carbocycles. The van der Waals surface area contributed by atoms with Gasteiger partial charge >= 0.3 is 0 Å². The number of aromatic hydroxyl groups is 1. The number of ketones is 1. The van der Waals surface area contributed by atoms with Gasteiger partial charge in [0.25, 0.3) is 0 Å². The lowest BCUT2D eigenvalue weighted by Crippen LogP contribution is -2.11. The number of H-pyrrole nitrogens is 1. The molecule has 0 aliphatic heterocycles. The number of phenols is 1. The number of rotatable bonds is 8. The molecule has 0 unspecified atom stereocenters. The van der Waals surface area contributed by atoms with Crippen LogP contribution in [0.4, 0.5) is 0 Å². The summed E-state index contributed by atoms with van der Waals surface area (Å²) in [4.78, 5) is 20.6. The van der Waals surface area contributed by atoms with Gasteiger partial charge in [0.2, 0.25) is 0 Å². The smallest absolute Gasteiger partial charge is 0.197 e. The molecule has 6 heteroatoms. The molecule has 6 nitrogen and oxygen atoms in total. The second kappa shape index (κ2) is 9.59. The fourth-order valence-electron chi connectivity index (χ4n) is 4.44. The van der Waals surface area contributed by atoms with Crippen molar-refractivity contribution in [3.05, 3.63) is 83.2 Å². The number of hydrogen-bond acceptors (Lipinski definition) is 5. The molecule has 0 atom stereocenters. The van der Waals surface area contributed by atoms with Crippen LogP contribution in [0.5, 0.6) is 17.2 Å². The van der Waals surface area contributed by atoms with Gasteiger partial charge in [-0.25, -0.2) is 4.98 Å². The number of imidazole rings is 1. The van der Waals surface area contributed by atoms with E-state index in [0.717, 1.165) is 35.0 Å². The Morgan fingerprint density at radius 3 is 2.74 bits per heavy atom.